The van der Waals surface area contributed by atoms with Crippen molar-refractivity contribution < 1.29 is 10.0 Å². The van der Waals surface area contributed by atoms with Crippen LogP contribution in [0.15, 0.2) is 29.3 Å². The lowest BCUT2D eigenvalue weighted by atomic mass is 9.76. The van der Waals surface area contributed by atoms with Gasteiger partial charge in [-0.15, -0.1) is 0 Å². The average molecular weight is 261 g/mol. The Morgan fingerprint density at radius 3 is 2.42 bits per heavy atom. The van der Waals surface area contributed by atoms with Crippen LogP contribution >= 0.6 is 0 Å². The molecule has 1 aliphatic carbocycles. The summed E-state index contributed by atoms with van der Waals surface area (Å²) in [6.45, 7) is 4.12. The highest BCUT2D eigenvalue weighted by Gasteiger charge is 2.30. The molecule has 0 aliphatic heterocycles. The summed E-state index contributed by atoms with van der Waals surface area (Å²) in [5.41, 5.74) is 1.68. The summed E-state index contributed by atoms with van der Waals surface area (Å²) >= 11 is 0. The first-order valence-electron chi connectivity index (χ1n) is 6.20. The highest BCUT2D eigenvalue weighted by atomic mass is 16.8. The van der Waals surface area contributed by atoms with Gasteiger partial charge in [0.1, 0.15) is 5.78 Å². The number of ketones is 1. The maximum Gasteiger partial charge on any atom is 0.139 e. The minimum atomic E-state index is -0.190. The highest BCUT2D eigenvalue weighted by Crippen LogP contribution is 2.33. The number of carbonyl (C=O) groups excluding carboxylic acids is 1. The highest BCUT2D eigenvalue weighted by molar-refractivity contribution is 6.05. The molecule has 1 aromatic rings. The molecular formula is C14H17N2O3-. The zero-order valence-corrected chi connectivity index (χ0v) is 11.1. The molecule has 0 heterocycles. The number of nitrogens with zero attached hydrogens (tertiary/aromatic N) is 2. The van der Waals surface area contributed by atoms with E-state index < -0.39 is 0 Å². The van der Waals surface area contributed by atoms with Crippen molar-refractivity contribution in [2.24, 2.45) is 10.4 Å². The van der Waals surface area contributed by atoms with E-state index in [4.69, 9.17) is 5.21 Å². The minimum absolute atomic E-state index is 0.0367. The van der Waals surface area contributed by atoms with Gasteiger partial charge in [-0.3, -0.25) is 15.0 Å². The Labute approximate surface area is 112 Å². The summed E-state index contributed by atoms with van der Waals surface area (Å²) in [6.07, 6.45) is 1.80. The zero-order chi connectivity index (χ0) is 14.0. The Kier molecular flexibility index (Phi) is 3.68. The summed E-state index contributed by atoms with van der Waals surface area (Å²) in [7, 11) is 0. The third kappa shape index (κ3) is 3.62. The van der Waals surface area contributed by atoms with Gasteiger partial charge in [0.05, 0.1) is 11.4 Å². The van der Waals surface area contributed by atoms with Gasteiger partial charge in [0.25, 0.3) is 0 Å². The molecular weight excluding hydrogens is 244 g/mol. The Hall–Kier alpha value is -1.72. The molecule has 19 heavy (non-hydrogen) atoms. The van der Waals surface area contributed by atoms with Gasteiger partial charge < -0.3 is 10.4 Å². The summed E-state index contributed by atoms with van der Waals surface area (Å²) in [4.78, 5) is 16.1. The van der Waals surface area contributed by atoms with Gasteiger partial charge in [0.15, 0.2) is 0 Å². The van der Waals surface area contributed by atoms with Crippen LogP contribution in [0, 0.1) is 10.6 Å². The lowest BCUT2D eigenvalue weighted by molar-refractivity contribution is -0.120. The Bertz CT molecular complexity index is 504. The van der Waals surface area contributed by atoms with Crippen molar-refractivity contribution in [1.29, 1.82) is 0 Å². The normalized spacial score (nSPS) is 20.6. The van der Waals surface area contributed by atoms with Gasteiger partial charge in [-0.05, 0) is 36.1 Å². The van der Waals surface area contributed by atoms with E-state index in [1.165, 1.54) is 12.1 Å². The van der Waals surface area contributed by atoms with Crippen LogP contribution in [0.4, 0.5) is 11.4 Å². The van der Waals surface area contributed by atoms with E-state index in [1.54, 1.807) is 12.1 Å². The van der Waals surface area contributed by atoms with Crippen molar-refractivity contribution in [1.82, 2.24) is 0 Å². The van der Waals surface area contributed by atoms with E-state index in [0.29, 0.717) is 18.5 Å². The molecule has 1 saturated carbocycles. The van der Waals surface area contributed by atoms with Crippen LogP contribution in [0.1, 0.15) is 33.1 Å². The summed E-state index contributed by atoms with van der Waals surface area (Å²) in [6, 6.07) is 6.27. The number of rotatable bonds is 2. The van der Waals surface area contributed by atoms with Crippen molar-refractivity contribution in [2.75, 3.05) is 5.23 Å². The number of aliphatic imine (C=N–C) groups is 1. The van der Waals surface area contributed by atoms with Crippen LogP contribution in [-0.4, -0.2) is 16.7 Å². The fraction of sp³-hybridized carbons (Fsp3) is 0.429. The molecule has 0 unspecified atom stereocenters. The van der Waals surface area contributed by atoms with Crippen LogP contribution < -0.4 is 5.23 Å². The third-order valence-corrected chi connectivity index (χ3v) is 3.12. The van der Waals surface area contributed by atoms with E-state index in [1.807, 2.05) is 0 Å². The molecule has 0 atom stereocenters. The molecule has 5 nitrogen and oxygen atoms in total. The second kappa shape index (κ2) is 5.11. The lowest BCUT2D eigenvalue weighted by Crippen LogP contribution is -2.28. The second-order valence-electron chi connectivity index (χ2n) is 5.70. The zero-order valence-electron chi connectivity index (χ0n) is 11.1. The second-order valence-corrected chi connectivity index (χ2v) is 5.70. The molecule has 102 valence electrons. The topological polar surface area (TPSA) is 76.0 Å². The summed E-state index contributed by atoms with van der Waals surface area (Å²) < 4.78 is 0. The van der Waals surface area contributed by atoms with Gasteiger partial charge in [-0.1, -0.05) is 13.8 Å². The Balaban J connectivity index is 2.18. The first kappa shape index (κ1) is 13.7. The molecule has 0 spiro atoms. The van der Waals surface area contributed by atoms with Gasteiger partial charge in [0, 0.05) is 18.6 Å². The summed E-state index contributed by atoms with van der Waals surface area (Å²) in [5, 5.41) is 19.2. The molecule has 2 rings (SSSR count). The van der Waals surface area contributed by atoms with Crippen molar-refractivity contribution in [3.05, 3.63) is 29.5 Å². The smallest absolute Gasteiger partial charge is 0.139 e. The quantitative estimate of drug-likeness (QED) is 0.829. The van der Waals surface area contributed by atoms with E-state index in [9.17, 15) is 10.0 Å². The maximum absolute atomic E-state index is 11.7. The molecule has 1 fully saturated rings. The Morgan fingerprint density at radius 1 is 1.26 bits per heavy atom. The SMILES string of the molecule is CC1(C)CC(=O)CC(=Nc2ccc(N([O-])O)cc2)C1. The van der Waals surface area contributed by atoms with Crippen LogP contribution in [0.5, 0.6) is 0 Å². The number of Topliss-reactive ketones (excluding diaryl/α,β-unsaturated/α-hetero) is 1. The van der Waals surface area contributed by atoms with Gasteiger partial charge in [-0.2, -0.15) is 0 Å². The average Bonchev–Trinajstić information content (AvgIpc) is 2.26. The molecule has 1 aliphatic rings. The fourth-order valence-corrected chi connectivity index (χ4v) is 2.42. The van der Waals surface area contributed by atoms with Crippen molar-refractivity contribution >= 4 is 22.9 Å². The van der Waals surface area contributed by atoms with E-state index in [2.05, 4.69) is 18.8 Å². The number of carbonyl (C=O) groups is 1. The number of hydrogen-bond donors (Lipinski definition) is 1. The van der Waals surface area contributed by atoms with Crippen LogP contribution in [0.3, 0.4) is 0 Å². The molecule has 0 aromatic heterocycles. The van der Waals surface area contributed by atoms with Crippen molar-refractivity contribution in [2.45, 2.75) is 33.1 Å². The minimum Gasteiger partial charge on any atom is -0.733 e. The van der Waals surface area contributed by atoms with Crippen LogP contribution in [-0.2, 0) is 4.79 Å². The van der Waals surface area contributed by atoms with E-state index >= 15 is 0 Å². The van der Waals surface area contributed by atoms with Crippen LogP contribution in [0.2, 0.25) is 0 Å². The van der Waals surface area contributed by atoms with Crippen molar-refractivity contribution in [3.8, 4) is 0 Å². The fourth-order valence-electron chi connectivity index (χ4n) is 2.42. The predicted octanol–water partition coefficient (Wildman–Crippen LogP) is 3.23. The van der Waals surface area contributed by atoms with Gasteiger partial charge >= 0.3 is 0 Å². The van der Waals surface area contributed by atoms with Crippen molar-refractivity contribution in [3.63, 3.8) is 0 Å². The molecule has 1 N–H and O–H groups in total. The molecule has 5 heteroatoms. The Morgan fingerprint density at radius 2 is 1.89 bits per heavy atom. The lowest BCUT2D eigenvalue weighted by Gasteiger charge is -2.29. The van der Waals surface area contributed by atoms with E-state index in [-0.39, 0.29) is 22.1 Å². The molecule has 0 bridgehead atoms. The largest absolute Gasteiger partial charge is 0.733 e. The number of benzene rings is 1. The summed E-state index contributed by atoms with van der Waals surface area (Å²) in [5.74, 6) is 0.215. The van der Waals surface area contributed by atoms with Crippen LogP contribution in [0.25, 0.3) is 0 Å². The number of anilines is 1. The van der Waals surface area contributed by atoms with Gasteiger partial charge in [-0.25, -0.2) is 0 Å². The molecule has 1 aromatic carbocycles. The third-order valence-electron chi connectivity index (χ3n) is 3.12. The standard InChI is InChI=1S/C14H17N2O3/c1-14(2)8-11(7-13(17)9-14)15-10-3-5-12(6-4-10)16(18)19/h3-6,18H,7-9H2,1-2H3/q-1. The number of hydrogen-bond acceptors (Lipinski definition) is 5. The van der Waals surface area contributed by atoms with Gasteiger partial charge in [0.2, 0.25) is 0 Å². The first-order chi connectivity index (χ1) is 8.85. The molecule has 0 radical (unpaired) electrons. The molecule has 0 amide bonds. The predicted molar refractivity (Wildman–Crippen MR) is 73.8 cm³/mol. The first-order valence-corrected chi connectivity index (χ1v) is 6.20. The monoisotopic (exact) mass is 261 g/mol. The molecule has 0 saturated heterocycles. The maximum atomic E-state index is 11.7. The van der Waals surface area contributed by atoms with E-state index in [0.717, 1.165) is 12.1 Å².